The zero-order valence-corrected chi connectivity index (χ0v) is 17.0. The predicted molar refractivity (Wildman–Crippen MR) is 102 cm³/mol. The van der Waals surface area contributed by atoms with E-state index in [2.05, 4.69) is 0 Å². The van der Waals surface area contributed by atoms with Crippen molar-refractivity contribution in [3.63, 3.8) is 0 Å². The minimum atomic E-state index is -0.164. The molecule has 0 N–H and O–H groups in total. The van der Waals surface area contributed by atoms with E-state index in [9.17, 15) is 9.59 Å². The molecule has 0 aromatic carbocycles. The molecule has 5 nitrogen and oxygen atoms in total. The monoisotopic (exact) mass is 390 g/mol. The molecule has 0 radical (unpaired) electrons. The number of hydrogen-bond acceptors (Lipinski definition) is 5. The largest absolute Gasteiger partial charge is 0.462 e. The van der Waals surface area contributed by atoms with E-state index in [1.165, 1.54) is 45.4 Å². The zero-order chi connectivity index (χ0) is 19.3. The number of esters is 2. The fraction of sp³-hybridized carbons (Fsp3) is 0.913. The van der Waals surface area contributed by atoms with E-state index in [0.29, 0.717) is 35.5 Å². The van der Waals surface area contributed by atoms with Crippen molar-refractivity contribution in [2.45, 2.75) is 70.8 Å². The fourth-order valence-corrected chi connectivity index (χ4v) is 7.94. The van der Waals surface area contributed by atoms with Gasteiger partial charge in [0.1, 0.15) is 6.10 Å². The van der Waals surface area contributed by atoms with Crippen molar-refractivity contribution < 1.29 is 23.8 Å². The third-order valence-corrected chi connectivity index (χ3v) is 8.74. The molecule has 0 spiro atoms. The summed E-state index contributed by atoms with van der Waals surface area (Å²) in [5.41, 5.74) is 0. The molecule has 5 aliphatic carbocycles. The maximum Gasteiger partial charge on any atom is 0.311 e. The van der Waals surface area contributed by atoms with Gasteiger partial charge in [-0.05, 0) is 80.0 Å². The maximum atomic E-state index is 12.8. The lowest BCUT2D eigenvalue weighted by molar-refractivity contribution is -0.167. The summed E-state index contributed by atoms with van der Waals surface area (Å²) >= 11 is 0. The van der Waals surface area contributed by atoms with E-state index < -0.39 is 0 Å². The Labute approximate surface area is 167 Å². The summed E-state index contributed by atoms with van der Waals surface area (Å²) in [6, 6.07) is 0. The van der Waals surface area contributed by atoms with Gasteiger partial charge < -0.3 is 14.2 Å². The standard InChI is InChI=1S/C23H34O5/c1-13(24)28-20-10-16-9-19(20)22-17-7-15(21(16)22)8-18(17)23(25)27-12-26-11-14-5-3-2-4-6-14/h14-22H,2-12H2,1H3. The Kier molecular flexibility index (Phi) is 5.14. The van der Waals surface area contributed by atoms with Crippen molar-refractivity contribution in [2.75, 3.05) is 13.4 Å². The summed E-state index contributed by atoms with van der Waals surface area (Å²) in [5.74, 6) is 4.03. The first-order chi connectivity index (χ1) is 13.6. The summed E-state index contributed by atoms with van der Waals surface area (Å²) in [4.78, 5) is 24.2. The third-order valence-electron chi connectivity index (χ3n) is 8.74. The molecule has 8 atom stereocenters. The lowest BCUT2D eigenvalue weighted by Gasteiger charge is -2.40. The van der Waals surface area contributed by atoms with Crippen LogP contribution in [-0.4, -0.2) is 31.4 Å². The van der Waals surface area contributed by atoms with Crippen LogP contribution in [0.2, 0.25) is 0 Å². The van der Waals surface area contributed by atoms with Gasteiger partial charge in [0.2, 0.25) is 0 Å². The van der Waals surface area contributed by atoms with E-state index in [0.717, 1.165) is 31.8 Å². The van der Waals surface area contributed by atoms with Crippen molar-refractivity contribution >= 4 is 11.9 Å². The van der Waals surface area contributed by atoms with Crippen LogP contribution in [0.1, 0.15) is 64.7 Å². The minimum Gasteiger partial charge on any atom is -0.462 e. The van der Waals surface area contributed by atoms with Gasteiger partial charge in [0, 0.05) is 6.92 Å². The van der Waals surface area contributed by atoms with Gasteiger partial charge >= 0.3 is 11.9 Å². The maximum absolute atomic E-state index is 12.8. The Morgan fingerprint density at radius 3 is 2.43 bits per heavy atom. The third kappa shape index (κ3) is 3.28. The van der Waals surface area contributed by atoms with Gasteiger partial charge in [-0.2, -0.15) is 0 Å². The molecule has 0 amide bonds. The molecule has 5 saturated carbocycles. The SMILES string of the molecule is CC(=O)OC1CC2CC1C1C3CC(CC3C(=O)OCOCC3CCCCC3)C21. The first-order valence-corrected chi connectivity index (χ1v) is 11.5. The van der Waals surface area contributed by atoms with Gasteiger partial charge in [-0.25, -0.2) is 0 Å². The Bertz CT molecular complexity index is 612. The molecule has 5 heteroatoms. The van der Waals surface area contributed by atoms with Crippen LogP contribution in [0.5, 0.6) is 0 Å². The van der Waals surface area contributed by atoms with Gasteiger partial charge in [0.15, 0.2) is 6.79 Å². The van der Waals surface area contributed by atoms with Crippen molar-refractivity contribution in [1.29, 1.82) is 0 Å². The molecule has 8 unspecified atom stereocenters. The molecule has 28 heavy (non-hydrogen) atoms. The van der Waals surface area contributed by atoms with E-state index in [1.54, 1.807) is 0 Å². The van der Waals surface area contributed by atoms with Crippen LogP contribution in [0.25, 0.3) is 0 Å². The van der Waals surface area contributed by atoms with Crippen LogP contribution < -0.4 is 0 Å². The van der Waals surface area contributed by atoms with Gasteiger partial charge in [-0.1, -0.05) is 19.3 Å². The summed E-state index contributed by atoms with van der Waals surface area (Å²) in [6.45, 7) is 2.35. The van der Waals surface area contributed by atoms with Crippen molar-refractivity contribution in [2.24, 2.45) is 47.3 Å². The smallest absolute Gasteiger partial charge is 0.311 e. The Hall–Kier alpha value is -1.10. The highest BCUT2D eigenvalue weighted by atomic mass is 16.7. The highest BCUT2D eigenvalue weighted by Crippen LogP contribution is 2.69. The molecule has 4 bridgehead atoms. The van der Waals surface area contributed by atoms with Crippen LogP contribution in [0, 0.1) is 47.3 Å². The highest BCUT2D eigenvalue weighted by Gasteiger charge is 2.66. The second kappa shape index (κ2) is 7.62. The zero-order valence-electron chi connectivity index (χ0n) is 17.0. The van der Waals surface area contributed by atoms with E-state index in [1.807, 2.05) is 0 Å². The first kappa shape index (κ1) is 18.9. The van der Waals surface area contributed by atoms with Crippen molar-refractivity contribution in [3.05, 3.63) is 0 Å². The number of fused-ring (bicyclic) bond motifs is 9. The van der Waals surface area contributed by atoms with Crippen LogP contribution in [0.15, 0.2) is 0 Å². The highest BCUT2D eigenvalue weighted by molar-refractivity contribution is 5.73. The molecule has 5 rings (SSSR count). The summed E-state index contributed by atoms with van der Waals surface area (Å²) in [6.07, 6.45) is 10.9. The van der Waals surface area contributed by atoms with Crippen molar-refractivity contribution in [3.8, 4) is 0 Å². The fourth-order valence-electron chi connectivity index (χ4n) is 7.94. The van der Waals surface area contributed by atoms with Crippen molar-refractivity contribution in [1.82, 2.24) is 0 Å². The van der Waals surface area contributed by atoms with Crippen LogP contribution in [0.4, 0.5) is 0 Å². The molecule has 5 fully saturated rings. The average Bonchev–Trinajstić information content (AvgIpc) is 3.43. The normalized spacial score (nSPS) is 43.9. The number of ether oxygens (including phenoxy) is 3. The molecular weight excluding hydrogens is 356 g/mol. The number of carbonyl (C=O) groups excluding carboxylic acids is 2. The quantitative estimate of drug-likeness (QED) is 0.297. The van der Waals surface area contributed by atoms with Crippen LogP contribution in [0.3, 0.4) is 0 Å². The molecule has 0 aliphatic heterocycles. The van der Waals surface area contributed by atoms with E-state index in [4.69, 9.17) is 14.2 Å². The molecule has 0 aromatic heterocycles. The summed E-state index contributed by atoms with van der Waals surface area (Å²) in [7, 11) is 0. The average molecular weight is 391 g/mol. The van der Waals surface area contributed by atoms with E-state index in [-0.39, 0.29) is 30.8 Å². The van der Waals surface area contributed by atoms with Crippen LogP contribution in [-0.2, 0) is 23.8 Å². The number of carbonyl (C=O) groups is 2. The van der Waals surface area contributed by atoms with Gasteiger partial charge in [-0.3, -0.25) is 9.59 Å². The Morgan fingerprint density at radius 2 is 1.64 bits per heavy atom. The molecule has 0 heterocycles. The molecule has 0 aromatic rings. The lowest BCUT2D eigenvalue weighted by Crippen LogP contribution is -2.41. The Balaban J connectivity index is 1.13. The van der Waals surface area contributed by atoms with Gasteiger partial charge in [0.25, 0.3) is 0 Å². The Morgan fingerprint density at radius 1 is 0.893 bits per heavy atom. The predicted octanol–water partition coefficient (Wildman–Crippen LogP) is 3.94. The number of rotatable bonds is 6. The summed E-state index contributed by atoms with van der Waals surface area (Å²) in [5, 5.41) is 0. The van der Waals surface area contributed by atoms with Gasteiger partial charge in [0.05, 0.1) is 12.5 Å². The molecular formula is C23H34O5. The first-order valence-electron chi connectivity index (χ1n) is 11.5. The molecule has 156 valence electrons. The lowest BCUT2D eigenvalue weighted by atomic mass is 9.67. The number of hydrogen-bond donors (Lipinski definition) is 0. The second-order valence-electron chi connectivity index (χ2n) is 10.2. The molecule has 5 aliphatic rings. The minimum absolute atomic E-state index is 0.0295. The van der Waals surface area contributed by atoms with Gasteiger partial charge in [-0.15, -0.1) is 0 Å². The van der Waals surface area contributed by atoms with Crippen LogP contribution >= 0.6 is 0 Å². The summed E-state index contributed by atoms with van der Waals surface area (Å²) < 4.78 is 16.8. The second-order valence-corrected chi connectivity index (χ2v) is 10.2. The molecule has 0 saturated heterocycles. The van der Waals surface area contributed by atoms with E-state index >= 15 is 0 Å². The topological polar surface area (TPSA) is 61.8 Å².